The van der Waals surface area contributed by atoms with Gasteiger partial charge in [0.2, 0.25) is 0 Å². The molecule has 2 nitrogen and oxygen atoms in total. The Balaban J connectivity index is 2.07. The molecule has 0 saturated heterocycles. The summed E-state index contributed by atoms with van der Waals surface area (Å²) in [6, 6.07) is 12.0. The molecule has 0 radical (unpaired) electrons. The Hall–Kier alpha value is -1.46. The first-order valence-corrected chi connectivity index (χ1v) is 6.73. The number of thiocarbonyl (C=S) groups is 1. The van der Waals surface area contributed by atoms with Gasteiger partial charge in [-0.25, -0.2) is 4.39 Å². The molecule has 0 aliphatic rings. The molecule has 2 N–H and O–H groups in total. The van der Waals surface area contributed by atoms with Crippen molar-refractivity contribution < 1.29 is 9.13 Å². The molecule has 0 atom stereocenters. The second kappa shape index (κ2) is 6.12. The molecule has 0 saturated carbocycles. The van der Waals surface area contributed by atoms with Crippen LogP contribution in [0.5, 0.6) is 5.75 Å². The summed E-state index contributed by atoms with van der Waals surface area (Å²) in [6.45, 7) is 0.370. The van der Waals surface area contributed by atoms with E-state index in [1.54, 1.807) is 12.1 Å². The summed E-state index contributed by atoms with van der Waals surface area (Å²) in [7, 11) is 0. The second-order valence-corrected chi connectivity index (χ2v) is 5.22. The Morgan fingerprint density at radius 2 is 2.05 bits per heavy atom. The molecule has 0 fully saturated rings. The third kappa shape index (κ3) is 3.75. The molecule has 2 aromatic carbocycles. The van der Waals surface area contributed by atoms with Gasteiger partial charge in [-0.1, -0.05) is 30.4 Å². The molecule has 0 unspecified atom stereocenters. The minimum atomic E-state index is -0.317. The summed E-state index contributed by atoms with van der Waals surface area (Å²) in [5.41, 5.74) is 7.32. The van der Waals surface area contributed by atoms with Crippen LogP contribution in [0.3, 0.4) is 0 Å². The zero-order valence-electron chi connectivity index (χ0n) is 9.90. The Labute approximate surface area is 124 Å². The van der Waals surface area contributed by atoms with Crippen LogP contribution < -0.4 is 10.5 Å². The van der Waals surface area contributed by atoms with Gasteiger partial charge in [0.1, 0.15) is 23.2 Å². The number of halogens is 2. The van der Waals surface area contributed by atoms with E-state index in [-0.39, 0.29) is 5.82 Å². The van der Waals surface area contributed by atoms with Gasteiger partial charge in [-0.3, -0.25) is 0 Å². The summed E-state index contributed by atoms with van der Waals surface area (Å²) in [5, 5.41) is 0. The summed E-state index contributed by atoms with van der Waals surface area (Å²) < 4.78 is 19.0. The van der Waals surface area contributed by atoms with Crippen molar-refractivity contribution in [1.82, 2.24) is 0 Å². The molecule has 0 aliphatic heterocycles. The van der Waals surface area contributed by atoms with Crippen molar-refractivity contribution in [3.63, 3.8) is 0 Å². The largest absolute Gasteiger partial charge is 0.489 e. The van der Waals surface area contributed by atoms with Crippen molar-refractivity contribution in [2.24, 2.45) is 5.73 Å². The van der Waals surface area contributed by atoms with Gasteiger partial charge < -0.3 is 10.5 Å². The number of ether oxygens (including phenoxy) is 1. The summed E-state index contributed by atoms with van der Waals surface area (Å²) in [4.78, 5) is 0.353. The average molecular weight is 340 g/mol. The fourth-order valence-corrected chi connectivity index (χ4v) is 2.03. The fourth-order valence-electron chi connectivity index (χ4n) is 1.55. The number of hydrogen-bond donors (Lipinski definition) is 1. The third-order valence-corrected chi connectivity index (χ3v) is 3.35. The number of rotatable bonds is 4. The minimum Gasteiger partial charge on any atom is -0.489 e. The third-order valence-electron chi connectivity index (χ3n) is 2.51. The van der Waals surface area contributed by atoms with Crippen molar-refractivity contribution in [2.75, 3.05) is 0 Å². The molecule has 0 aliphatic carbocycles. The molecule has 0 heterocycles. The standard InChI is InChI=1S/C14H11BrFNOS/c15-12-7-11(4-5-13(12)16)18-8-9-2-1-3-10(6-9)14(17)19/h1-7H,8H2,(H2,17,19). The second-order valence-electron chi connectivity index (χ2n) is 3.93. The van der Waals surface area contributed by atoms with E-state index in [1.807, 2.05) is 24.3 Å². The predicted molar refractivity (Wildman–Crippen MR) is 80.8 cm³/mol. The quantitative estimate of drug-likeness (QED) is 0.860. The molecule has 0 aromatic heterocycles. The lowest BCUT2D eigenvalue weighted by Gasteiger charge is -2.08. The lowest BCUT2D eigenvalue weighted by molar-refractivity contribution is 0.305. The van der Waals surface area contributed by atoms with Gasteiger partial charge in [-0.2, -0.15) is 0 Å². The van der Waals surface area contributed by atoms with E-state index < -0.39 is 0 Å². The van der Waals surface area contributed by atoms with Gasteiger partial charge in [-0.05, 0) is 45.8 Å². The average Bonchev–Trinajstić information content (AvgIpc) is 2.40. The molecular formula is C14H11BrFNOS. The van der Waals surface area contributed by atoms with Gasteiger partial charge >= 0.3 is 0 Å². The zero-order valence-corrected chi connectivity index (χ0v) is 12.3. The van der Waals surface area contributed by atoms with Crippen molar-refractivity contribution in [3.05, 3.63) is 63.9 Å². The van der Waals surface area contributed by atoms with Crippen LogP contribution in [-0.2, 0) is 6.61 Å². The van der Waals surface area contributed by atoms with E-state index in [0.717, 1.165) is 11.1 Å². The summed E-state index contributed by atoms with van der Waals surface area (Å²) >= 11 is 8.03. The first-order chi connectivity index (χ1) is 9.06. The molecule has 5 heteroatoms. The minimum absolute atomic E-state index is 0.317. The smallest absolute Gasteiger partial charge is 0.137 e. The number of hydrogen-bond acceptors (Lipinski definition) is 2. The van der Waals surface area contributed by atoms with Crippen LogP contribution in [0.1, 0.15) is 11.1 Å². The van der Waals surface area contributed by atoms with Gasteiger partial charge in [0.05, 0.1) is 4.47 Å². The van der Waals surface area contributed by atoms with Crippen LogP contribution in [0.2, 0.25) is 0 Å². The Morgan fingerprint density at radius 3 is 2.74 bits per heavy atom. The number of benzene rings is 2. The number of nitrogens with two attached hydrogens (primary N) is 1. The molecule has 2 rings (SSSR count). The van der Waals surface area contributed by atoms with Crippen molar-refractivity contribution in [3.8, 4) is 5.75 Å². The molecular weight excluding hydrogens is 329 g/mol. The molecule has 0 bridgehead atoms. The van der Waals surface area contributed by atoms with Gasteiger partial charge in [0.25, 0.3) is 0 Å². The topological polar surface area (TPSA) is 35.2 Å². The van der Waals surface area contributed by atoms with Gasteiger partial charge in [0, 0.05) is 5.56 Å². The molecule has 98 valence electrons. The highest BCUT2D eigenvalue weighted by Crippen LogP contribution is 2.22. The van der Waals surface area contributed by atoms with Crippen LogP contribution in [0.4, 0.5) is 4.39 Å². The zero-order chi connectivity index (χ0) is 13.8. The molecule has 0 spiro atoms. The molecule has 2 aromatic rings. The lowest BCUT2D eigenvalue weighted by atomic mass is 10.1. The lowest BCUT2D eigenvalue weighted by Crippen LogP contribution is -2.09. The van der Waals surface area contributed by atoms with Crippen LogP contribution in [0.15, 0.2) is 46.9 Å². The van der Waals surface area contributed by atoms with Crippen LogP contribution in [-0.4, -0.2) is 4.99 Å². The SMILES string of the molecule is NC(=S)c1cccc(COc2ccc(F)c(Br)c2)c1. The predicted octanol–water partition coefficient (Wildman–Crippen LogP) is 3.80. The van der Waals surface area contributed by atoms with Gasteiger partial charge in [-0.15, -0.1) is 0 Å². The maximum absolute atomic E-state index is 13.1. The first kappa shape index (κ1) is 14.0. The maximum atomic E-state index is 13.1. The highest BCUT2D eigenvalue weighted by atomic mass is 79.9. The normalized spacial score (nSPS) is 10.2. The monoisotopic (exact) mass is 339 g/mol. The highest BCUT2D eigenvalue weighted by Gasteiger charge is 2.03. The van der Waals surface area contributed by atoms with Crippen LogP contribution in [0, 0.1) is 5.82 Å². The van der Waals surface area contributed by atoms with Gasteiger partial charge in [0.15, 0.2) is 0 Å². The van der Waals surface area contributed by atoms with E-state index in [0.29, 0.717) is 21.8 Å². The summed E-state index contributed by atoms with van der Waals surface area (Å²) in [5.74, 6) is 0.275. The fraction of sp³-hybridized carbons (Fsp3) is 0.0714. The van der Waals surface area contributed by atoms with E-state index in [9.17, 15) is 4.39 Å². The van der Waals surface area contributed by atoms with Crippen LogP contribution >= 0.6 is 28.1 Å². The first-order valence-electron chi connectivity index (χ1n) is 5.53. The Bertz CT molecular complexity index is 618. The Kier molecular flexibility index (Phi) is 4.50. The molecule has 19 heavy (non-hydrogen) atoms. The van der Waals surface area contributed by atoms with E-state index in [1.165, 1.54) is 6.07 Å². The van der Waals surface area contributed by atoms with Crippen molar-refractivity contribution in [1.29, 1.82) is 0 Å². The molecule has 0 amide bonds. The van der Waals surface area contributed by atoms with E-state index in [4.69, 9.17) is 22.7 Å². The maximum Gasteiger partial charge on any atom is 0.137 e. The van der Waals surface area contributed by atoms with Crippen molar-refractivity contribution in [2.45, 2.75) is 6.61 Å². The van der Waals surface area contributed by atoms with Crippen molar-refractivity contribution >= 4 is 33.1 Å². The van der Waals surface area contributed by atoms with E-state index >= 15 is 0 Å². The summed E-state index contributed by atoms with van der Waals surface area (Å²) in [6.07, 6.45) is 0. The van der Waals surface area contributed by atoms with E-state index in [2.05, 4.69) is 15.9 Å². The highest BCUT2D eigenvalue weighted by molar-refractivity contribution is 9.10. The Morgan fingerprint density at radius 1 is 1.26 bits per heavy atom. The van der Waals surface area contributed by atoms with Crippen LogP contribution in [0.25, 0.3) is 0 Å².